The first-order valence-corrected chi connectivity index (χ1v) is 14.1. The Kier molecular flexibility index (Phi) is 18.9. The van der Waals surface area contributed by atoms with E-state index >= 15 is 0 Å². The molecule has 0 aliphatic rings. The molecule has 0 aliphatic carbocycles. The standard InChI is InChI=1S/C27H49NO5S/c1-20(2)9-6-10-21(3)11-7-12-22(4)13-8-14-23(5)17-18-34-19-24(27(32)33)28-25(29)15-16-26(30)31/h17,20-22,24H,6-16,18-19H2,1-5H3,(H,28,29)(H,30,31)(H,32,33)/b23-17+. The van der Waals surface area contributed by atoms with E-state index in [1.807, 2.05) is 0 Å². The fourth-order valence-electron chi connectivity index (χ4n) is 3.86. The van der Waals surface area contributed by atoms with E-state index in [4.69, 9.17) is 5.11 Å². The number of carboxylic acids is 2. The van der Waals surface area contributed by atoms with Crippen LogP contribution in [0.3, 0.4) is 0 Å². The van der Waals surface area contributed by atoms with Gasteiger partial charge < -0.3 is 15.5 Å². The molecule has 0 radical (unpaired) electrons. The third-order valence-corrected chi connectivity index (χ3v) is 7.15. The second kappa shape index (κ2) is 19.8. The normalized spacial score (nSPS) is 14.6. The van der Waals surface area contributed by atoms with Gasteiger partial charge >= 0.3 is 11.9 Å². The van der Waals surface area contributed by atoms with Crippen molar-refractivity contribution >= 4 is 29.6 Å². The summed E-state index contributed by atoms with van der Waals surface area (Å²) in [6, 6.07) is -1.00. The highest BCUT2D eigenvalue weighted by Crippen LogP contribution is 2.22. The molecule has 0 spiro atoms. The zero-order chi connectivity index (χ0) is 25.9. The van der Waals surface area contributed by atoms with Crippen molar-refractivity contribution in [3.63, 3.8) is 0 Å². The van der Waals surface area contributed by atoms with Crippen LogP contribution in [0.1, 0.15) is 105 Å². The van der Waals surface area contributed by atoms with Crippen LogP contribution < -0.4 is 5.32 Å². The molecule has 3 N–H and O–H groups in total. The maximum Gasteiger partial charge on any atom is 0.327 e. The van der Waals surface area contributed by atoms with Crippen LogP contribution >= 0.6 is 11.8 Å². The summed E-state index contributed by atoms with van der Waals surface area (Å²) in [5.74, 6) is 0.643. The van der Waals surface area contributed by atoms with Gasteiger partial charge in [-0.15, -0.1) is 0 Å². The van der Waals surface area contributed by atoms with E-state index in [1.54, 1.807) is 0 Å². The topological polar surface area (TPSA) is 104 Å². The van der Waals surface area contributed by atoms with E-state index in [-0.39, 0.29) is 18.6 Å². The molecule has 0 rings (SSSR count). The Morgan fingerprint density at radius 2 is 1.38 bits per heavy atom. The van der Waals surface area contributed by atoms with Gasteiger partial charge in [-0.3, -0.25) is 9.59 Å². The SMILES string of the molecule is C/C(=C\CSCC(NC(=O)CCC(=O)O)C(=O)O)CCCC(C)CCCC(C)CCCC(C)C. The number of carbonyl (C=O) groups excluding carboxylic acids is 1. The molecule has 0 aromatic rings. The van der Waals surface area contributed by atoms with Gasteiger partial charge in [-0.2, -0.15) is 11.8 Å². The van der Waals surface area contributed by atoms with Gasteiger partial charge in [0.15, 0.2) is 0 Å². The van der Waals surface area contributed by atoms with Crippen molar-refractivity contribution in [1.29, 1.82) is 0 Å². The van der Waals surface area contributed by atoms with Gasteiger partial charge in [-0.1, -0.05) is 84.3 Å². The summed E-state index contributed by atoms with van der Waals surface area (Å²) in [5, 5.41) is 20.3. The van der Waals surface area contributed by atoms with Gasteiger partial charge in [0.05, 0.1) is 6.42 Å². The van der Waals surface area contributed by atoms with Crippen LogP contribution in [-0.2, 0) is 14.4 Å². The highest BCUT2D eigenvalue weighted by atomic mass is 32.2. The minimum atomic E-state index is -1.10. The molecule has 34 heavy (non-hydrogen) atoms. The Bertz CT molecular complexity index is 620. The molecule has 0 fully saturated rings. The average molecular weight is 500 g/mol. The number of amides is 1. The molecule has 3 unspecified atom stereocenters. The Morgan fingerprint density at radius 1 is 0.824 bits per heavy atom. The largest absolute Gasteiger partial charge is 0.481 e. The lowest BCUT2D eigenvalue weighted by atomic mass is 9.91. The Labute approximate surface area is 211 Å². The number of carbonyl (C=O) groups is 3. The molecule has 6 nitrogen and oxygen atoms in total. The smallest absolute Gasteiger partial charge is 0.327 e. The van der Waals surface area contributed by atoms with E-state index in [2.05, 4.69) is 46.0 Å². The molecule has 0 aromatic heterocycles. The van der Waals surface area contributed by atoms with Gasteiger partial charge in [-0.25, -0.2) is 4.79 Å². The monoisotopic (exact) mass is 499 g/mol. The highest BCUT2D eigenvalue weighted by Gasteiger charge is 2.20. The van der Waals surface area contributed by atoms with Gasteiger partial charge in [-0.05, 0) is 37.5 Å². The molecule has 0 bridgehead atoms. The molecule has 1 amide bonds. The summed E-state index contributed by atoms with van der Waals surface area (Å²) in [4.78, 5) is 33.5. The van der Waals surface area contributed by atoms with Crippen LogP contribution in [0.25, 0.3) is 0 Å². The lowest BCUT2D eigenvalue weighted by Crippen LogP contribution is -2.42. The number of allylic oxidation sites excluding steroid dienone is 1. The van der Waals surface area contributed by atoms with Gasteiger partial charge in [0.1, 0.15) is 6.04 Å². The number of nitrogens with one attached hydrogen (secondary N) is 1. The van der Waals surface area contributed by atoms with E-state index in [9.17, 15) is 19.5 Å². The summed E-state index contributed by atoms with van der Waals surface area (Å²) in [5.41, 5.74) is 1.32. The molecule has 0 heterocycles. The number of rotatable bonds is 21. The van der Waals surface area contributed by atoms with Gasteiger partial charge in [0.2, 0.25) is 5.91 Å². The molecular formula is C27H49NO5S. The maximum absolute atomic E-state index is 11.7. The summed E-state index contributed by atoms with van der Waals surface area (Å²) in [7, 11) is 0. The predicted molar refractivity (Wildman–Crippen MR) is 142 cm³/mol. The molecule has 0 aliphatic heterocycles. The second-order valence-corrected chi connectivity index (χ2v) is 11.4. The Morgan fingerprint density at radius 3 is 1.91 bits per heavy atom. The Hall–Kier alpha value is -1.50. The zero-order valence-electron chi connectivity index (χ0n) is 22.1. The van der Waals surface area contributed by atoms with Crippen LogP contribution in [-0.4, -0.2) is 45.6 Å². The molecule has 198 valence electrons. The summed E-state index contributed by atoms with van der Waals surface area (Å²) >= 11 is 1.46. The summed E-state index contributed by atoms with van der Waals surface area (Å²) in [6.45, 7) is 11.5. The van der Waals surface area contributed by atoms with Crippen molar-refractivity contribution < 1.29 is 24.6 Å². The number of hydrogen-bond donors (Lipinski definition) is 3. The summed E-state index contributed by atoms with van der Waals surface area (Å²) in [6.07, 6.45) is 13.1. The van der Waals surface area contributed by atoms with Crippen LogP contribution in [0.2, 0.25) is 0 Å². The van der Waals surface area contributed by atoms with E-state index in [1.165, 1.54) is 68.7 Å². The van der Waals surface area contributed by atoms with Crippen LogP contribution in [0.5, 0.6) is 0 Å². The molecule has 3 atom stereocenters. The summed E-state index contributed by atoms with van der Waals surface area (Å²) < 4.78 is 0. The Balaban J connectivity index is 3.99. The third kappa shape index (κ3) is 19.9. The van der Waals surface area contributed by atoms with Gasteiger partial charge in [0.25, 0.3) is 0 Å². The minimum Gasteiger partial charge on any atom is -0.481 e. The first-order chi connectivity index (χ1) is 16.0. The average Bonchev–Trinajstić information content (AvgIpc) is 2.73. The molecular weight excluding hydrogens is 450 g/mol. The van der Waals surface area contributed by atoms with Crippen molar-refractivity contribution in [2.24, 2.45) is 17.8 Å². The van der Waals surface area contributed by atoms with E-state index in [0.29, 0.717) is 5.75 Å². The molecule has 7 heteroatoms. The number of aliphatic carboxylic acids is 2. The van der Waals surface area contributed by atoms with Crippen molar-refractivity contribution in [2.45, 2.75) is 111 Å². The van der Waals surface area contributed by atoms with Crippen molar-refractivity contribution in [2.75, 3.05) is 11.5 Å². The van der Waals surface area contributed by atoms with Crippen LogP contribution in [0.15, 0.2) is 11.6 Å². The third-order valence-electron chi connectivity index (χ3n) is 6.17. The first-order valence-electron chi connectivity index (χ1n) is 13.0. The van der Waals surface area contributed by atoms with Gasteiger partial charge in [0, 0.05) is 17.9 Å². The first kappa shape index (κ1) is 32.5. The lowest BCUT2D eigenvalue weighted by Gasteiger charge is -2.15. The minimum absolute atomic E-state index is 0.210. The molecule has 0 saturated carbocycles. The fraction of sp³-hybridized carbons (Fsp3) is 0.815. The van der Waals surface area contributed by atoms with Crippen LogP contribution in [0, 0.1) is 17.8 Å². The number of hydrogen-bond acceptors (Lipinski definition) is 4. The van der Waals surface area contributed by atoms with Crippen molar-refractivity contribution in [3.05, 3.63) is 11.6 Å². The number of thioether (sulfide) groups is 1. The quantitative estimate of drug-likeness (QED) is 0.122. The van der Waals surface area contributed by atoms with Crippen LogP contribution in [0.4, 0.5) is 0 Å². The lowest BCUT2D eigenvalue weighted by molar-refractivity contribution is -0.141. The second-order valence-electron chi connectivity index (χ2n) is 10.3. The fourth-order valence-corrected chi connectivity index (χ4v) is 4.86. The van der Waals surface area contributed by atoms with E-state index in [0.717, 1.165) is 24.2 Å². The van der Waals surface area contributed by atoms with Crippen molar-refractivity contribution in [3.8, 4) is 0 Å². The zero-order valence-corrected chi connectivity index (χ0v) is 22.9. The predicted octanol–water partition coefficient (Wildman–Crippen LogP) is 6.54. The van der Waals surface area contributed by atoms with Crippen molar-refractivity contribution in [1.82, 2.24) is 5.32 Å². The highest BCUT2D eigenvalue weighted by molar-refractivity contribution is 7.99. The number of carboxylic acid groups (broad SMARTS) is 2. The molecule has 0 saturated heterocycles. The molecule has 0 aromatic carbocycles. The maximum atomic E-state index is 11.7. The van der Waals surface area contributed by atoms with E-state index < -0.39 is 23.9 Å².